The summed E-state index contributed by atoms with van der Waals surface area (Å²) in [6.45, 7) is 5.23. The third-order valence-electron chi connectivity index (χ3n) is 2.28. The van der Waals surface area contributed by atoms with Crippen molar-refractivity contribution in [3.8, 4) is 0 Å². The fourth-order valence-electron chi connectivity index (χ4n) is 1.67. The number of fused-ring (bicyclic) bond motifs is 1. The van der Waals surface area contributed by atoms with Crippen LogP contribution in [0.2, 0.25) is 0 Å². The third kappa shape index (κ3) is 2.23. The molecule has 0 saturated carbocycles. The molecule has 0 fully saturated rings. The standard InChI is InChI=1S/C12H17N3S/c1-9(2)16-12-10(8-13-3)15-7-5-4-6-11(15)14-12/h4-7,9,13H,8H2,1-3H3. The third-order valence-corrected chi connectivity index (χ3v) is 3.31. The zero-order chi connectivity index (χ0) is 11.5. The number of nitrogens with zero attached hydrogens (tertiary/aromatic N) is 2. The maximum atomic E-state index is 4.66. The molecule has 2 aromatic heterocycles. The van der Waals surface area contributed by atoms with Gasteiger partial charge in [-0.05, 0) is 19.2 Å². The lowest BCUT2D eigenvalue weighted by molar-refractivity contribution is 0.763. The van der Waals surface area contributed by atoms with Gasteiger partial charge in [-0.25, -0.2) is 4.98 Å². The summed E-state index contributed by atoms with van der Waals surface area (Å²) in [6, 6.07) is 6.11. The summed E-state index contributed by atoms with van der Waals surface area (Å²) in [5.74, 6) is 0. The highest BCUT2D eigenvalue weighted by Crippen LogP contribution is 2.26. The van der Waals surface area contributed by atoms with Crippen LogP contribution in [-0.4, -0.2) is 21.7 Å². The normalized spacial score (nSPS) is 11.5. The molecule has 0 saturated heterocycles. The lowest BCUT2D eigenvalue weighted by atomic mass is 10.4. The van der Waals surface area contributed by atoms with E-state index >= 15 is 0 Å². The monoisotopic (exact) mass is 235 g/mol. The smallest absolute Gasteiger partial charge is 0.138 e. The SMILES string of the molecule is CNCc1c(SC(C)C)nc2ccccn12. The van der Waals surface area contributed by atoms with E-state index in [1.165, 1.54) is 5.69 Å². The van der Waals surface area contributed by atoms with Crippen LogP contribution in [-0.2, 0) is 6.54 Å². The number of pyridine rings is 1. The molecule has 0 amide bonds. The first-order chi connectivity index (χ1) is 7.72. The van der Waals surface area contributed by atoms with E-state index in [4.69, 9.17) is 0 Å². The van der Waals surface area contributed by atoms with E-state index in [2.05, 4.69) is 34.7 Å². The number of rotatable bonds is 4. The van der Waals surface area contributed by atoms with Crippen LogP contribution in [0.5, 0.6) is 0 Å². The van der Waals surface area contributed by atoms with Gasteiger partial charge in [-0.1, -0.05) is 19.9 Å². The molecule has 0 radical (unpaired) electrons. The highest BCUT2D eigenvalue weighted by Gasteiger charge is 2.12. The Labute approximate surface area is 100 Å². The van der Waals surface area contributed by atoms with Gasteiger partial charge in [0.15, 0.2) is 0 Å². The molecule has 2 rings (SSSR count). The topological polar surface area (TPSA) is 29.3 Å². The van der Waals surface area contributed by atoms with E-state index in [0.29, 0.717) is 5.25 Å². The van der Waals surface area contributed by atoms with Gasteiger partial charge in [0.1, 0.15) is 10.7 Å². The second-order valence-electron chi connectivity index (χ2n) is 3.99. The summed E-state index contributed by atoms with van der Waals surface area (Å²) >= 11 is 1.82. The molecule has 0 aliphatic rings. The number of imidazole rings is 1. The number of thioether (sulfide) groups is 1. The van der Waals surface area contributed by atoms with Crippen molar-refractivity contribution in [1.29, 1.82) is 0 Å². The molecule has 0 unspecified atom stereocenters. The van der Waals surface area contributed by atoms with Gasteiger partial charge in [0.2, 0.25) is 0 Å². The van der Waals surface area contributed by atoms with Gasteiger partial charge in [-0.2, -0.15) is 0 Å². The molecule has 0 aliphatic heterocycles. The molecule has 3 nitrogen and oxygen atoms in total. The number of nitrogens with one attached hydrogen (secondary N) is 1. The molecule has 0 aliphatic carbocycles. The molecule has 0 bridgehead atoms. The minimum atomic E-state index is 0.556. The van der Waals surface area contributed by atoms with Crippen LogP contribution in [0.15, 0.2) is 29.4 Å². The molecular formula is C12H17N3S. The minimum Gasteiger partial charge on any atom is -0.314 e. The first-order valence-corrected chi connectivity index (χ1v) is 6.37. The molecule has 2 aromatic rings. The Bertz CT molecular complexity index is 476. The van der Waals surface area contributed by atoms with Crippen molar-refractivity contribution >= 4 is 17.4 Å². The summed E-state index contributed by atoms with van der Waals surface area (Å²) in [7, 11) is 1.96. The first-order valence-electron chi connectivity index (χ1n) is 5.49. The quantitative estimate of drug-likeness (QED) is 0.826. The van der Waals surface area contributed by atoms with Crippen LogP contribution in [0.4, 0.5) is 0 Å². The summed E-state index contributed by atoms with van der Waals surface area (Å²) in [5, 5.41) is 4.89. The predicted molar refractivity (Wildman–Crippen MR) is 68.9 cm³/mol. The van der Waals surface area contributed by atoms with Crippen molar-refractivity contribution < 1.29 is 0 Å². The molecule has 0 aromatic carbocycles. The number of aromatic nitrogens is 2. The Balaban J connectivity index is 2.49. The molecule has 2 heterocycles. The summed E-state index contributed by atoms with van der Waals surface area (Å²) in [4.78, 5) is 4.66. The fraction of sp³-hybridized carbons (Fsp3) is 0.417. The Kier molecular flexibility index (Phi) is 3.51. The number of hydrogen-bond acceptors (Lipinski definition) is 3. The minimum absolute atomic E-state index is 0.556. The lowest BCUT2D eigenvalue weighted by Crippen LogP contribution is -2.08. The van der Waals surface area contributed by atoms with Crippen molar-refractivity contribution in [2.24, 2.45) is 0 Å². The molecule has 86 valence electrons. The van der Waals surface area contributed by atoms with Crippen LogP contribution in [0, 0.1) is 0 Å². The molecule has 4 heteroatoms. The van der Waals surface area contributed by atoms with Crippen molar-refractivity contribution in [2.45, 2.75) is 30.7 Å². The van der Waals surface area contributed by atoms with Crippen molar-refractivity contribution in [1.82, 2.24) is 14.7 Å². The van der Waals surface area contributed by atoms with E-state index < -0.39 is 0 Å². The summed E-state index contributed by atoms with van der Waals surface area (Å²) in [6.07, 6.45) is 2.07. The maximum Gasteiger partial charge on any atom is 0.138 e. The Morgan fingerprint density at radius 1 is 1.44 bits per heavy atom. The van der Waals surface area contributed by atoms with Crippen LogP contribution in [0.3, 0.4) is 0 Å². The van der Waals surface area contributed by atoms with Gasteiger partial charge >= 0.3 is 0 Å². The average molecular weight is 235 g/mol. The fourth-order valence-corrected chi connectivity index (χ4v) is 2.57. The van der Waals surface area contributed by atoms with Crippen molar-refractivity contribution in [2.75, 3.05) is 7.05 Å². The van der Waals surface area contributed by atoms with E-state index in [9.17, 15) is 0 Å². The van der Waals surface area contributed by atoms with Gasteiger partial charge in [0.05, 0.1) is 5.69 Å². The summed E-state index contributed by atoms with van der Waals surface area (Å²) in [5.41, 5.74) is 2.27. The van der Waals surface area contributed by atoms with E-state index in [1.54, 1.807) is 0 Å². The second kappa shape index (κ2) is 4.89. The zero-order valence-electron chi connectivity index (χ0n) is 9.90. The van der Waals surface area contributed by atoms with E-state index in [-0.39, 0.29) is 0 Å². The van der Waals surface area contributed by atoms with Crippen LogP contribution in [0.1, 0.15) is 19.5 Å². The van der Waals surface area contributed by atoms with Gasteiger partial charge in [0, 0.05) is 18.0 Å². The van der Waals surface area contributed by atoms with Gasteiger partial charge in [-0.3, -0.25) is 0 Å². The van der Waals surface area contributed by atoms with Crippen molar-refractivity contribution in [3.63, 3.8) is 0 Å². The largest absolute Gasteiger partial charge is 0.314 e. The van der Waals surface area contributed by atoms with Crippen LogP contribution in [0.25, 0.3) is 5.65 Å². The van der Waals surface area contributed by atoms with Crippen molar-refractivity contribution in [3.05, 3.63) is 30.1 Å². The van der Waals surface area contributed by atoms with E-state index in [0.717, 1.165) is 17.2 Å². The van der Waals surface area contributed by atoms with Crippen LogP contribution < -0.4 is 5.32 Å². The van der Waals surface area contributed by atoms with Gasteiger partial charge < -0.3 is 9.72 Å². The van der Waals surface area contributed by atoms with E-state index in [1.807, 2.05) is 37.0 Å². The van der Waals surface area contributed by atoms with Gasteiger partial charge in [0.25, 0.3) is 0 Å². The second-order valence-corrected chi connectivity index (χ2v) is 5.55. The Morgan fingerprint density at radius 3 is 2.94 bits per heavy atom. The Hall–Kier alpha value is -1.00. The average Bonchev–Trinajstić information content (AvgIpc) is 2.57. The molecule has 0 spiro atoms. The molecule has 0 atom stereocenters. The first kappa shape index (κ1) is 11.5. The van der Waals surface area contributed by atoms with Gasteiger partial charge in [-0.15, -0.1) is 11.8 Å². The highest BCUT2D eigenvalue weighted by molar-refractivity contribution is 7.99. The highest BCUT2D eigenvalue weighted by atomic mass is 32.2. The lowest BCUT2D eigenvalue weighted by Gasteiger charge is -2.05. The molecular weight excluding hydrogens is 218 g/mol. The molecule has 16 heavy (non-hydrogen) atoms. The van der Waals surface area contributed by atoms with Crippen LogP contribution >= 0.6 is 11.8 Å². The Morgan fingerprint density at radius 2 is 2.25 bits per heavy atom. The maximum absolute atomic E-state index is 4.66. The zero-order valence-corrected chi connectivity index (χ0v) is 10.7. The molecule has 1 N–H and O–H groups in total. The predicted octanol–water partition coefficient (Wildman–Crippen LogP) is 2.55. The number of hydrogen-bond donors (Lipinski definition) is 1. The summed E-state index contributed by atoms with van der Waals surface area (Å²) < 4.78 is 2.15.